The van der Waals surface area contributed by atoms with E-state index in [-0.39, 0.29) is 0 Å². The summed E-state index contributed by atoms with van der Waals surface area (Å²) in [7, 11) is 0. The van der Waals surface area contributed by atoms with E-state index in [2.05, 4.69) is 66.5 Å². The van der Waals surface area contributed by atoms with Crippen LogP contribution in [0.3, 0.4) is 0 Å². The molecular weight excluding hydrogens is 230 g/mol. The van der Waals surface area contributed by atoms with E-state index in [0.29, 0.717) is 11.8 Å². The lowest BCUT2D eigenvalue weighted by Gasteiger charge is -2.16. The second-order valence-corrected chi connectivity index (χ2v) is 5.63. The molecule has 3 aromatic rings. The molecule has 4 rings (SSSR count). The van der Waals surface area contributed by atoms with Gasteiger partial charge in [0.1, 0.15) is 0 Å². The van der Waals surface area contributed by atoms with Gasteiger partial charge in [0.25, 0.3) is 0 Å². The van der Waals surface area contributed by atoms with Crippen molar-refractivity contribution in [2.45, 2.75) is 19.3 Å². The van der Waals surface area contributed by atoms with Gasteiger partial charge < -0.3 is 4.98 Å². The zero-order valence-electron chi connectivity index (χ0n) is 11.1. The van der Waals surface area contributed by atoms with Crippen LogP contribution in [0.1, 0.15) is 29.7 Å². The minimum absolute atomic E-state index is 0.517. The molecule has 1 aliphatic carbocycles. The molecule has 1 heteroatoms. The number of hydrogen-bond acceptors (Lipinski definition) is 0. The van der Waals surface area contributed by atoms with Gasteiger partial charge >= 0.3 is 0 Å². The number of aromatic amines is 1. The molecule has 0 fully saturated rings. The predicted octanol–water partition coefficient (Wildman–Crippen LogP) is 4.49. The smallest absolute Gasteiger partial charge is 0.0459 e. The normalized spacial score (nSPS) is 21.7. The van der Waals surface area contributed by atoms with Crippen molar-refractivity contribution in [3.05, 3.63) is 71.4 Å². The molecule has 0 radical (unpaired) electrons. The van der Waals surface area contributed by atoms with Crippen molar-refractivity contribution in [1.29, 1.82) is 0 Å². The molecule has 1 aliphatic rings. The first-order valence-corrected chi connectivity index (χ1v) is 6.99. The SMILES string of the molecule is C[C@@H]1Cc2c([nH]c3ccccc23)[C@H]1c1ccccc1. The number of rotatable bonds is 1. The van der Waals surface area contributed by atoms with Crippen molar-refractivity contribution in [3.8, 4) is 0 Å². The Morgan fingerprint density at radius 1 is 0.947 bits per heavy atom. The Kier molecular flexibility index (Phi) is 2.28. The van der Waals surface area contributed by atoms with Gasteiger partial charge in [0.05, 0.1) is 0 Å². The maximum Gasteiger partial charge on any atom is 0.0459 e. The van der Waals surface area contributed by atoms with E-state index in [0.717, 1.165) is 0 Å². The Balaban J connectivity index is 1.92. The zero-order chi connectivity index (χ0) is 12.8. The summed E-state index contributed by atoms with van der Waals surface area (Å²) in [4.78, 5) is 3.66. The number of fused-ring (bicyclic) bond motifs is 3. The van der Waals surface area contributed by atoms with E-state index in [1.54, 1.807) is 0 Å². The molecule has 2 aromatic carbocycles. The predicted molar refractivity (Wildman–Crippen MR) is 79.5 cm³/mol. The highest BCUT2D eigenvalue weighted by Crippen LogP contribution is 2.44. The monoisotopic (exact) mass is 247 g/mol. The second-order valence-electron chi connectivity index (χ2n) is 5.63. The number of aromatic nitrogens is 1. The van der Waals surface area contributed by atoms with E-state index >= 15 is 0 Å². The third-order valence-corrected chi connectivity index (χ3v) is 4.41. The molecule has 1 heterocycles. The van der Waals surface area contributed by atoms with E-state index in [4.69, 9.17) is 0 Å². The van der Waals surface area contributed by atoms with Crippen LogP contribution >= 0.6 is 0 Å². The van der Waals surface area contributed by atoms with Gasteiger partial charge in [-0.05, 0) is 29.5 Å². The number of hydrogen-bond donors (Lipinski definition) is 1. The fraction of sp³-hybridized carbons (Fsp3) is 0.222. The molecule has 0 amide bonds. The number of benzene rings is 2. The molecule has 2 atom stereocenters. The zero-order valence-corrected chi connectivity index (χ0v) is 11.1. The topological polar surface area (TPSA) is 15.8 Å². The van der Waals surface area contributed by atoms with Crippen molar-refractivity contribution in [2.24, 2.45) is 5.92 Å². The number of H-pyrrole nitrogens is 1. The molecule has 1 N–H and O–H groups in total. The summed E-state index contributed by atoms with van der Waals surface area (Å²) in [6.07, 6.45) is 1.18. The van der Waals surface area contributed by atoms with Gasteiger partial charge in [-0.3, -0.25) is 0 Å². The van der Waals surface area contributed by atoms with Gasteiger partial charge in [-0.15, -0.1) is 0 Å². The molecule has 0 aliphatic heterocycles. The first kappa shape index (κ1) is 10.9. The van der Waals surface area contributed by atoms with Crippen molar-refractivity contribution in [3.63, 3.8) is 0 Å². The van der Waals surface area contributed by atoms with Gasteiger partial charge in [0, 0.05) is 22.5 Å². The lowest BCUT2D eigenvalue weighted by Crippen LogP contribution is -2.06. The Labute approximate surface area is 113 Å². The van der Waals surface area contributed by atoms with Crippen LogP contribution in [0, 0.1) is 5.92 Å². The van der Waals surface area contributed by atoms with Crippen LogP contribution in [0.4, 0.5) is 0 Å². The highest BCUT2D eigenvalue weighted by molar-refractivity contribution is 5.85. The van der Waals surface area contributed by atoms with Gasteiger partial charge in [-0.2, -0.15) is 0 Å². The molecular formula is C18H17N. The Bertz CT molecular complexity index is 724. The third-order valence-electron chi connectivity index (χ3n) is 4.41. The second kappa shape index (κ2) is 3.99. The van der Waals surface area contributed by atoms with E-state index in [9.17, 15) is 0 Å². The maximum absolute atomic E-state index is 3.66. The molecule has 0 saturated heterocycles. The van der Waals surface area contributed by atoms with E-state index < -0.39 is 0 Å². The van der Waals surface area contributed by atoms with Crippen molar-refractivity contribution in [1.82, 2.24) is 4.98 Å². The lowest BCUT2D eigenvalue weighted by molar-refractivity contribution is 0.551. The summed E-state index contributed by atoms with van der Waals surface area (Å²) in [5, 5.41) is 1.41. The highest BCUT2D eigenvalue weighted by Gasteiger charge is 2.33. The Morgan fingerprint density at radius 3 is 2.53 bits per heavy atom. The molecule has 0 bridgehead atoms. The molecule has 1 nitrogen and oxygen atoms in total. The van der Waals surface area contributed by atoms with Crippen molar-refractivity contribution >= 4 is 10.9 Å². The Hall–Kier alpha value is -2.02. The molecule has 0 saturated carbocycles. The van der Waals surface area contributed by atoms with Crippen molar-refractivity contribution < 1.29 is 0 Å². The molecule has 19 heavy (non-hydrogen) atoms. The van der Waals surface area contributed by atoms with Gasteiger partial charge in [-0.1, -0.05) is 55.5 Å². The van der Waals surface area contributed by atoms with Crippen LogP contribution in [-0.4, -0.2) is 4.98 Å². The fourth-order valence-corrected chi connectivity index (χ4v) is 3.59. The summed E-state index contributed by atoms with van der Waals surface area (Å²) in [6.45, 7) is 2.36. The quantitative estimate of drug-likeness (QED) is 0.652. The summed E-state index contributed by atoms with van der Waals surface area (Å²) < 4.78 is 0. The third kappa shape index (κ3) is 1.54. The van der Waals surface area contributed by atoms with Gasteiger partial charge in [-0.25, -0.2) is 0 Å². The largest absolute Gasteiger partial charge is 0.358 e. The average Bonchev–Trinajstić information content (AvgIpc) is 2.94. The number of nitrogens with one attached hydrogen (secondary N) is 1. The van der Waals surface area contributed by atoms with Crippen LogP contribution < -0.4 is 0 Å². The first-order chi connectivity index (χ1) is 9.34. The molecule has 0 unspecified atom stereocenters. The van der Waals surface area contributed by atoms with Crippen LogP contribution in [0.25, 0.3) is 10.9 Å². The average molecular weight is 247 g/mol. The van der Waals surface area contributed by atoms with E-state index in [1.807, 2.05) is 0 Å². The van der Waals surface area contributed by atoms with E-state index in [1.165, 1.54) is 34.1 Å². The maximum atomic E-state index is 3.66. The van der Waals surface area contributed by atoms with Crippen LogP contribution in [0.2, 0.25) is 0 Å². The number of para-hydroxylation sites is 1. The highest BCUT2D eigenvalue weighted by atomic mass is 14.8. The minimum Gasteiger partial charge on any atom is -0.358 e. The van der Waals surface area contributed by atoms with Crippen LogP contribution in [0.15, 0.2) is 54.6 Å². The summed E-state index contributed by atoms with van der Waals surface area (Å²) in [5.74, 6) is 1.19. The van der Waals surface area contributed by atoms with Gasteiger partial charge in [0.15, 0.2) is 0 Å². The first-order valence-electron chi connectivity index (χ1n) is 6.99. The molecule has 0 spiro atoms. The molecule has 94 valence electrons. The van der Waals surface area contributed by atoms with Crippen LogP contribution in [0.5, 0.6) is 0 Å². The lowest BCUT2D eigenvalue weighted by atomic mass is 9.89. The van der Waals surface area contributed by atoms with Crippen molar-refractivity contribution in [2.75, 3.05) is 0 Å². The fourth-order valence-electron chi connectivity index (χ4n) is 3.59. The summed E-state index contributed by atoms with van der Waals surface area (Å²) >= 11 is 0. The van der Waals surface area contributed by atoms with Crippen LogP contribution in [-0.2, 0) is 6.42 Å². The summed E-state index contributed by atoms with van der Waals surface area (Å²) in [6, 6.07) is 19.5. The standard InChI is InChI=1S/C18H17N/c1-12-11-15-14-9-5-6-10-16(14)19-18(15)17(12)13-7-3-2-4-8-13/h2-10,12,17,19H,11H2,1H3/t12-,17-/m1/s1. The Morgan fingerprint density at radius 2 is 1.68 bits per heavy atom. The van der Waals surface area contributed by atoms with Gasteiger partial charge in [0.2, 0.25) is 0 Å². The molecule has 1 aromatic heterocycles. The summed E-state index contributed by atoms with van der Waals surface area (Å²) in [5.41, 5.74) is 5.66. The minimum atomic E-state index is 0.517.